The van der Waals surface area contributed by atoms with Gasteiger partial charge in [-0.2, -0.15) is 0 Å². The van der Waals surface area contributed by atoms with Crippen LogP contribution in [0, 0.1) is 5.92 Å². The highest BCUT2D eigenvalue weighted by Gasteiger charge is 2.35. The molecule has 1 aliphatic carbocycles. The van der Waals surface area contributed by atoms with Crippen molar-refractivity contribution in [3.8, 4) is 22.8 Å². The summed E-state index contributed by atoms with van der Waals surface area (Å²) in [5.41, 5.74) is 0.664. The molecule has 162 valence electrons. The lowest BCUT2D eigenvalue weighted by Crippen LogP contribution is -2.37. The lowest BCUT2D eigenvalue weighted by atomic mass is 9.82. The molecular weight excluding hydrogens is 424 g/mol. The van der Waals surface area contributed by atoms with Gasteiger partial charge in [0, 0.05) is 6.07 Å². The van der Waals surface area contributed by atoms with E-state index in [0.717, 1.165) is 0 Å². The van der Waals surface area contributed by atoms with Crippen LogP contribution >= 0.6 is 11.6 Å². The second-order valence-corrected chi connectivity index (χ2v) is 7.68. The Hall–Kier alpha value is -3.03. The molecule has 1 saturated carbocycles. The van der Waals surface area contributed by atoms with Gasteiger partial charge in [-0.15, -0.1) is 0 Å². The molecule has 0 atom stereocenters. The van der Waals surface area contributed by atoms with Crippen molar-refractivity contribution in [2.75, 3.05) is 20.3 Å². The van der Waals surface area contributed by atoms with Gasteiger partial charge in [0.05, 0.1) is 41.7 Å². The quantitative estimate of drug-likeness (QED) is 0.515. The van der Waals surface area contributed by atoms with Crippen LogP contribution in [-0.4, -0.2) is 37.5 Å². The highest BCUT2D eigenvalue weighted by molar-refractivity contribution is 6.34. The van der Waals surface area contributed by atoms with Crippen molar-refractivity contribution in [1.29, 1.82) is 0 Å². The van der Waals surface area contributed by atoms with Gasteiger partial charge >= 0.3 is 5.97 Å². The molecule has 31 heavy (non-hydrogen) atoms. The number of carboxylic acid groups (broad SMARTS) is 1. The van der Waals surface area contributed by atoms with Crippen molar-refractivity contribution in [2.24, 2.45) is 5.92 Å². The fourth-order valence-corrected chi connectivity index (χ4v) is 3.79. The first-order chi connectivity index (χ1) is 15.0. The Morgan fingerprint density at radius 1 is 1.19 bits per heavy atom. The molecule has 0 saturated heterocycles. The topological polar surface area (TPSA) is 95.2 Å². The van der Waals surface area contributed by atoms with Crippen molar-refractivity contribution in [1.82, 2.24) is 0 Å². The number of rotatable bonds is 8. The average Bonchev–Trinajstić information content (AvgIpc) is 2.72. The summed E-state index contributed by atoms with van der Waals surface area (Å²) in [6.45, 7) is 0.590. The van der Waals surface area contributed by atoms with Gasteiger partial charge in [-0.3, -0.25) is 9.59 Å². The predicted molar refractivity (Wildman–Crippen MR) is 115 cm³/mol. The highest BCUT2D eigenvalue weighted by Crippen LogP contribution is 2.39. The van der Waals surface area contributed by atoms with Gasteiger partial charge in [0.2, 0.25) is 0 Å². The monoisotopic (exact) mass is 444 g/mol. The summed E-state index contributed by atoms with van der Waals surface area (Å²) in [5, 5.41) is 9.66. The molecule has 0 radical (unpaired) electrons. The zero-order valence-corrected chi connectivity index (χ0v) is 17.6. The largest absolute Gasteiger partial charge is 0.492 e. The first-order valence-corrected chi connectivity index (χ1v) is 10.2. The van der Waals surface area contributed by atoms with E-state index in [-0.39, 0.29) is 24.1 Å². The van der Waals surface area contributed by atoms with Crippen molar-refractivity contribution >= 4 is 28.5 Å². The second-order valence-electron chi connectivity index (χ2n) is 7.28. The molecule has 8 heteroatoms. The number of hydrogen-bond donors (Lipinski definition) is 1. The number of halogens is 1. The third kappa shape index (κ3) is 4.38. The smallest absolute Gasteiger partial charge is 0.306 e. The van der Waals surface area contributed by atoms with Crippen molar-refractivity contribution < 1.29 is 28.5 Å². The SMILES string of the molecule is COc1c(OCCO[C@H]2C[C@@H](C(=O)O)C2)cccc1-c1cc(=O)c2cccc(Cl)c2o1. The van der Waals surface area contributed by atoms with Gasteiger partial charge < -0.3 is 23.7 Å². The standard InChI is InChI=1S/C23H21ClO7/c1-28-22-16(20-12-18(25)15-4-2-6-17(24)21(15)31-20)5-3-7-19(22)30-9-8-29-14-10-13(11-14)23(26)27/h2-7,12-14H,8-11H2,1H3,(H,26,27)/t13-,14+. The molecule has 0 amide bonds. The summed E-state index contributed by atoms with van der Waals surface area (Å²) in [6, 6.07) is 11.7. The molecule has 0 spiro atoms. The first-order valence-electron chi connectivity index (χ1n) is 9.85. The number of carbonyl (C=O) groups is 1. The molecule has 0 unspecified atom stereocenters. The second kappa shape index (κ2) is 8.99. The lowest BCUT2D eigenvalue weighted by Gasteiger charge is -2.32. The predicted octanol–water partition coefficient (Wildman–Crippen LogP) is 4.38. The van der Waals surface area contributed by atoms with Gasteiger partial charge in [-0.1, -0.05) is 23.7 Å². The molecule has 1 aromatic heterocycles. The van der Waals surface area contributed by atoms with Crippen LogP contribution in [0.15, 0.2) is 51.7 Å². The third-order valence-corrected chi connectivity index (χ3v) is 5.59. The van der Waals surface area contributed by atoms with Gasteiger partial charge in [0.1, 0.15) is 12.4 Å². The van der Waals surface area contributed by atoms with E-state index in [2.05, 4.69) is 0 Å². The van der Waals surface area contributed by atoms with Crippen molar-refractivity contribution in [3.05, 3.63) is 57.7 Å². The summed E-state index contributed by atoms with van der Waals surface area (Å²) >= 11 is 6.21. The zero-order chi connectivity index (χ0) is 22.0. The molecule has 1 aliphatic rings. The molecule has 0 aliphatic heterocycles. The van der Waals surface area contributed by atoms with Crippen LogP contribution in [0.3, 0.4) is 0 Å². The molecule has 2 aromatic carbocycles. The number of ether oxygens (including phenoxy) is 3. The van der Waals surface area contributed by atoms with Gasteiger partial charge in [-0.25, -0.2) is 0 Å². The van der Waals surface area contributed by atoms with Crippen molar-refractivity contribution in [2.45, 2.75) is 18.9 Å². The Morgan fingerprint density at radius 2 is 1.97 bits per heavy atom. The Labute approximate surface area is 183 Å². The summed E-state index contributed by atoms with van der Waals surface area (Å²) in [7, 11) is 1.51. The minimum atomic E-state index is -0.778. The summed E-state index contributed by atoms with van der Waals surface area (Å²) < 4.78 is 22.9. The Bertz CT molecular complexity index is 1160. The van der Waals surface area contributed by atoms with E-state index in [0.29, 0.717) is 58.3 Å². The molecule has 0 bridgehead atoms. The molecule has 7 nitrogen and oxygen atoms in total. The maximum atomic E-state index is 12.5. The summed E-state index contributed by atoms with van der Waals surface area (Å²) in [5.74, 6) is 0.125. The minimum Gasteiger partial charge on any atom is -0.492 e. The number of hydrogen-bond acceptors (Lipinski definition) is 6. The van der Waals surface area contributed by atoms with Gasteiger partial charge in [-0.05, 0) is 37.1 Å². The molecule has 1 heterocycles. The lowest BCUT2D eigenvalue weighted by molar-refractivity contribution is -0.151. The number of aliphatic carboxylic acids is 1. The van der Waals surface area contributed by atoms with E-state index in [4.69, 9.17) is 35.3 Å². The Morgan fingerprint density at radius 3 is 2.71 bits per heavy atom. The van der Waals surface area contributed by atoms with Crippen LogP contribution in [0.5, 0.6) is 11.5 Å². The minimum absolute atomic E-state index is 0.0467. The van der Waals surface area contributed by atoms with E-state index < -0.39 is 5.97 Å². The van der Waals surface area contributed by atoms with E-state index in [1.54, 1.807) is 36.4 Å². The zero-order valence-electron chi connectivity index (χ0n) is 16.8. The van der Waals surface area contributed by atoms with Gasteiger partial charge in [0.25, 0.3) is 0 Å². The summed E-state index contributed by atoms with van der Waals surface area (Å²) in [4.78, 5) is 23.4. The molecule has 1 N–H and O–H groups in total. The summed E-state index contributed by atoms with van der Waals surface area (Å²) in [6.07, 6.45) is 1.00. The van der Waals surface area contributed by atoms with Crippen LogP contribution in [0.2, 0.25) is 5.02 Å². The number of benzene rings is 2. The van der Waals surface area contributed by atoms with E-state index in [1.165, 1.54) is 13.2 Å². The first kappa shape index (κ1) is 21.2. The highest BCUT2D eigenvalue weighted by atomic mass is 35.5. The van der Waals surface area contributed by atoms with Crippen molar-refractivity contribution in [3.63, 3.8) is 0 Å². The van der Waals surface area contributed by atoms with E-state index in [9.17, 15) is 9.59 Å². The number of methoxy groups -OCH3 is 1. The third-order valence-electron chi connectivity index (χ3n) is 5.29. The number of para-hydroxylation sites is 2. The van der Waals surface area contributed by atoms with E-state index >= 15 is 0 Å². The maximum Gasteiger partial charge on any atom is 0.306 e. The van der Waals surface area contributed by atoms with Crippen LogP contribution in [0.4, 0.5) is 0 Å². The fourth-order valence-electron chi connectivity index (χ4n) is 3.58. The van der Waals surface area contributed by atoms with Crippen LogP contribution in [-0.2, 0) is 9.53 Å². The molecule has 4 rings (SSSR count). The molecule has 1 fully saturated rings. The fraction of sp³-hybridized carbons (Fsp3) is 0.304. The Balaban J connectivity index is 1.50. The van der Waals surface area contributed by atoms with Crippen LogP contribution < -0.4 is 14.9 Å². The average molecular weight is 445 g/mol. The molecular formula is C23H21ClO7. The van der Waals surface area contributed by atoms with Crippen LogP contribution in [0.25, 0.3) is 22.3 Å². The van der Waals surface area contributed by atoms with Crippen LogP contribution in [0.1, 0.15) is 12.8 Å². The molecule has 3 aromatic rings. The Kier molecular flexibility index (Phi) is 6.15. The number of carboxylic acids is 1. The van der Waals surface area contributed by atoms with Gasteiger partial charge in [0.15, 0.2) is 22.5 Å². The number of fused-ring (bicyclic) bond motifs is 1. The normalized spacial score (nSPS) is 17.9. The maximum absolute atomic E-state index is 12.5. The van der Waals surface area contributed by atoms with E-state index in [1.807, 2.05) is 0 Å².